The van der Waals surface area contributed by atoms with Crippen LogP contribution >= 0.6 is 0 Å². The lowest BCUT2D eigenvalue weighted by Gasteiger charge is -2.24. The lowest BCUT2D eigenvalue weighted by Crippen LogP contribution is -2.33. The van der Waals surface area contributed by atoms with Crippen LogP contribution in [-0.2, 0) is 27.3 Å². The van der Waals surface area contributed by atoms with Crippen molar-refractivity contribution in [3.05, 3.63) is 131 Å². The summed E-state index contributed by atoms with van der Waals surface area (Å²) in [5.41, 5.74) is 3.63. The molecule has 0 heterocycles. The summed E-state index contributed by atoms with van der Waals surface area (Å²) in [7, 11) is 1.35. The maximum Gasteiger partial charge on any atom is 0.328 e. The summed E-state index contributed by atoms with van der Waals surface area (Å²) in [5, 5.41) is 3.24. The molecular formula is C38H42N2O5. The molecule has 234 valence electrons. The summed E-state index contributed by atoms with van der Waals surface area (Å²) in [6.07, 6.45) is 1.58. The van der Waals surface area contributed by atoms with Crippen LogP contribution in [0.4, 0.5) is 5.69 Å². The lowest BCUT2D eigenvalue weighted by molar-refractivity contribution is -0.141. The van der Waals surface area contributed by atoms with Crippen molar-refractivity contribution in [2.75, 3.05) is 25.6 Å². The average molecular weight is 607 g/mol. The van der Waals surface area contributed by atoms with Crippen molar-refractivity contribution in [2.45, 2.75) is 45.7 Å². The van der Waals surface area contributed by atoms with Crippen LogP contribution in [0.5, 0.6) is 5.75 Å². The molecule has 0 aliphatic carbocycles. The highest BCUT2D eigenvalue weighted by Gasteiger charge is 2.23. The van der Waals surface area contributed by atoms with Gasteiger partial charge < -0.3 is 19.7 Å². The molecule has 4 rings (SSSR count). The molecule has 0 radical (unpaired) electrons. The largest absolute Gasteiger partial charge is 0.494 e. The third-order valence-electron chi connectivity index (χ3n) is 7.38. The first kappa shape index (κ1) is 33.0. The van der Waals surface area contributed by atoms with Gasteiger partial charge in [-0.1, -0.05) is 98.8 Å². The van der Waals surface area contributed by atoms with Crippen LogP contribution in [0.1, 0.15) is 53.7 Å². The molecule has 0 saturated carbocycles. The molecule has 0 aromatic heterocycles. The number of esters is 1. The number of carbonyl (C=O) groups excluding carboxylic acids is 3. The molecule has 7 nitrogen and oxygen atoms in total. The van der Waals surface area contributed by atoms with Gasteiger partial charge >= 0.3 is 5.97 Å². The van der Waals surface area contributed by atoms with Crippen LogP contribution in [0.25, 0.3) is 0 Å². The van der Waals surface area contributed by atoms with Gasteiger partial charge in [-0.25, -0.2) is 4.79 Å². The minimum atomic E-state index is -0.703. The van der Waals surface area contributed by atoms with E-state index in [0.717, 1.165) is 11.1 Å². The van der Waals surface area contributed by atoms with Crippen LogP contribution in [0.15, 0.2) is 109 Å². The van der Waals surface area contributed by atoms with E-state index < -0.39 is 12.0 Å². The number of methoxy groups -OCH3 is 1. The number of anilines is 1. The number of hydrogen-bond acceptors (Lipinski definition) is 6. The van der Waals surface area contributed by atoms with Crippen molar-refractivity contribution in [3.63, 3.8) is 0 Å². The van der Waals surface area contributed by atoms with Crippen molar-refractivity contribution >= 4 is 23.3 Å². The first-order valence-electron chi connectivity index (χ1n) is 15.4. The highest BCUT2D eigenvalue weighted by molar-refractivity contribution is 6.12. The van der Waals surface area contributed by atoms with Crippen LogP contribution in [0, 0.1) is 5.92 Å². The quantitative estimate of drug-likeness (QED) is 0.0844. The van der Waals surface area contributed by atoms with E-state index in [4.69, 9.17) is 9.47 Å². The van der Waals surface area contributed by atoms with E-state index in [-0.39, 0.29) is 11.7 Å². The first-order chi connectivity index (χ1) is 21.8. The molecule has 0 spiro atoms. The molecule has 0 unspecified atom stereocenters. The van der Waals surface area contributed by atoms with Crippen LogP contribution < -0.4 is 10.1 Å². The Kier molecular flexibility index (Phi) is 12.3. The van der Waals surface area contributed by atoms with E-state index in [1.807, 2.05) is 83.8 Å². The van der Waals surface area contributed by atoms with E-state index in [1.165, 1.54) is 7.11 Å². The number of amides is 1. The number of para-hydroxylation sites is 1. The second kappa shape index (κ2) is 16.8. The van der Waals surface area contributed by atoms with Crippen molar-refractivity contribution in [1.29, 1.82) is 0 Å². The topological polar surface area (TPSA) is 84.9 Å². The predicted octanol–water partition coefficient (Wildman–Crippen LogP) is 6.96. The third-order valence-corrected chi connectivity index (χ3v) is 7.38. The van der Waals surface area contributed by atoms with Gasteiger partial charge in [0.05, 0.1) is 13.7 Å². The van der Waals surface area contributed by atoms with Crippen molar-refractivity contribution < 1.29 is 23.9 Å². The molecule has 45 heavy (non-hydrogen) atoms. The lowest BCUT2D eigenvalue weighted by atomic mass is 10.00. The zero-order valence-corrected chi connectivity index (χ0v) is 26.3. The number of hydrogen-bond donors (Lipinski definition) is 1. The average Bonchev–Trinajstić information content (AvgIpc) is 3.06. The molecule has 0 aliphatic heterocycles. The van der Waals surface area contributed by atoms with Crippen molar-refractivity contribution in [1.82, 2.24) is 4.90 Å². The predicted molar refractivity (Wildman–Crippen MR) is 177 cm³/mol. The number of rotatable bonds is 16. The van der Waals surface area contributed by atoms with Gasteiger partial charge in [-0.3, -0.25) is 9.59 Å². The van der Waals surface area contributed by atoms with E-state index >= 15 is 0 Å². The van der Waals surface area contributed by atoms with Gasteiger partial charge in [-0.05, 0) is 47.7 Å². The van der Waals surface area contributed by atoms with E-state index in [2.05, 4.69) is 19.2 Å². The summed E-state index contributed by atoms with van der Waals surface area (Å²) in [5.74, 6) is 0.606. The third kappa shape index (κ3) is 10.1. The standard InChI is InChI=1S/C38H42N2O5/c1-28(2)25-36(41)40(27-30-13-6-4-7-14-30)23-12-24-45-32-21-19-29(20-22-32)26-35(38(43)44-3)39-34-18-11-10-17-33(34)37(42)31-15-8-5-9-16-31/h4-11,13-22,28,35,39H,12,23-27H2,1-3H3/t35-/m0/s1. The van der Waals surface area contributed by atoms with Gasteiger partial charge in [-0.15, -0.1) is 0 Å². The van der Waals surface area contributed by atoms with Crippen LogP contribution in [-0.4, -0.2) is 48.9 Å². The first-order valence-corrected chi connectivity index (χ1v) is 15.4. The van der Waals surface area contributed by atoms with E-state index in [0.29, 0.717) is 67.4 Å². The van der Waals surface area contributed by atoms with Gasteiger partial charge in [0.1, 0.15) is 11.8 Å². The number of ether oxygens (including phenoxy) is 2. The molecular weight excluding hydrogens is 564 g/mol. The molecule has 4 aromatic carbocycles. The summed E-state index contributed by atoms with van der Waals surface area (Å²) in [6, 6.07) is 33.1. The fourth-order valence-electron chi connectivity index (χ4n) is 5.05. The molecule has 7 heteroatoms. The molecule has 0 bridgehead atoms. The Hall–Kier alpha value is -4.91. The molecule has 1 N–H and O–H groups in total. The monoisotopic (exact) mass is 606 g/mol. The summed E-state index contributed by atoms with van der Waals surface area (Å²) < 4.78 is 11.1. The minimum Gasteiger partial charge on any atom is -0.494 e. The van der Waals surface area contributed by atoms with Crippen molar-refractivity contribution in [2.24, 2.45) is 5.92 Å². The maximum absolute atomic E-state index is 13.2. The second-order valence-corrected chi connectivity index (χ2v) is 11.4. The zero-order chi connectivity index (χ0) is 32.0. The summed E-state index contributed by atoms with van der Waals surface area (Å²) in [4.78, 5) is 40.8. The highest BCUT2D eigenvalue weighted by Crippen LogP contribution is 2.22. The fourth-order valence-corrected chi connectivity index (χ4v) is 5.05. The molecule has 0 aliphatic rings. The number of carbonyl (C=O) groups is 3. The van der Waals surface area contributed by atoms with Gasteiger partial charge in [0.2, 0.25) is 5.91 Å². The number of benzene rings is 4. The molecule has 0 fully saturated rings. The van der Waals surface area contributed by atoms with Gasteiger partial charge in [-0.2, -0.15) is 0 Å². The number of nitrogens with one attached hydrogen (secondary N) is 1. The Morgan fingerprint density at radius 2 is 1.42 bits per heavy atom. The summed E-state index contributed by atoms with van der Waals surface area (Å²) >= 11 is 0. The van der Waals surface area contributed by atoms with Gasteiger partial charge in [0, 0.05) is 42.7 Å². The second-order valence-electron chi connectivity index (χ2n) is 11.4. The maximum atomic E-state index is 13.2. The molecule has 4 aromatic rings. The Bertz CT molecular complexity index is 1520. The van der Waals surface area contributed by atoms with Gasteiger partial charge in [0.15, 0.2) is 5.78 Å². The molecule has 0 saturated heterocycles. The van der Waals surface area contributed by atoms with Crippen LogP contribution in [0.2, 0.25) is 0 Å². The zero-order valence-electron chi connectivity index (χ0n) is 26.3. The SMILES string of the molecule is COC(=O)[C@H](Cc1ccc(OCCCN(Cc2ccccc2)C(=O)CC(C)C)cc1)Nc1ccccc1C(=O)c1ccccc1. The number of nitrogens with zero attached hydrogens (tertiary/aromatic N) is 1. The van der Waals surface area contributed by atoms with Crippen molar-refractivity contribution in [3.8, 4) is 5.75 Å². The van der Waals surface area contributed by atoms with Crippen LogP contribution in [0.3, 0.4) is 0 Å². The summed E-state index contributed by atoms with van der Waals surface area (Å²) in [6.45, 7) is 5.78. The Morgan fingerprint density at radius 1 is 0.778 bits per heavy atom. The minimum absolute atomic E-state index is 0.128. The molecule has 1 amide bonds. The number of ketones is 1. The molecule has 1 atom stereocenters. The van der Waals surface area contributed by atoms with E-state index in [9.17, 15) is 14.4 Å². The van der Waals surface area contributed by atoms with E-state index in [1.54, 1.807) is 30.3 Å². The fraction of sp³-hybridized carbons (Fsp3) is 0.289. The Balaban J connectivity index is 1.34. The van der Waals surface area contributed by atoms with Gasteiger partial charge in [0.25, 0.3) is 0 Å². The smallest absolute Gasteiger partial charge is 0.328 e. The highest BCUT2D eigenvalue weighted by atomic mass is 16.5. The normalized spacial score (nSPS) is 11.5. The Labute approximate surface area is 266 Å². The Morgan fingerprint density at radius 3 is 2.09 bits per heavy atom.